The molecule has 0 saturated carbocycles. The van der Waals surface area contributed by atoms with Gasteiger partial charge in [-0.25, -0.2) is 4.39 Å². The van der Waals surface area contributed by atoms with Crippen LogP contribution in [0.3, 0.4) is 0 Å². The number of rotatable bonds is 5. The summed E-state index contributed by atoms with van der Waals surface area (Å²) < 4.78 is 13.8. The minimum Gasteiger partial charge on any atom is -0.330 e. The van der Waals surface area contributed by atoms with Gasteiger partial charge in [-0.15, -0.1) is 0 Å². The van der Waals surface area contributed by atoms with Crippen LogP contribution in [0.1, 0.15) is 16.7 Å². The van der Waals surface area contributed by atoms with Gasteiger partial charge in [-0.1, -0.05) is 41.9 Å². The second-order valence-electron chi connectivity index (χ2n) is 5.17. The van der Waals surface area contributed by atoms with Crippen molar-refractivity contribution in [1.82, 2.24) is 0 Å². The first-order valence-electron chi connectivity index (χ1n) is 6.78. The molecule has 0 saturated heterocycles. The van der Waals surface area contributed by atoms with E-state index in [1.807, 2.05) is 12.1 Å². The predicted molar refractivity (Wildman–Crippen MR) is 82.5 cm³/mol. The van der Waals surface area contributed by atoms with Gasteiger partial charge in [-0.05, 0) is 61.1 Å². The molecule has 0 spiro atoms. The average molecular weight is 292 g/mol. The summed E-state index contributed by atoms with van der Waals surface area (Å²) in [6.45, 7) is 2.63. The van der Waals surface area contributed by atoms with E-state index in [4.69, 9.17) is 17.3 Å². The molecule has 0 fully saturated rings. The van der Waals surface area contributed by atoms with Gasteiger partial charge >= 0.3 is 0 Å². The molecule has 3 heteroatoms. The van der Waals surface area contributed by atoms with Crippen molar-refractivity contribution in [2.24, 2.45) is 11.7 Å². The van der Waals surface area contributed by atoms with E-state index in [2.05, 4.69) is 19.1 Å². The van der Waals surface area contributed by atoms with Crippen LogP contribution in [0.5, 0.6) is 0 Å². The molecule has 0 amide bonds. The molecule has 20 heavy (non-hydrogen) atoms. The SMILES string of the molecule is Cc1ccccc1CC(CN)Cc1ccc(Cl)cc1F. The van der Waals surface area contributed by atoms with Gasteiger partial charge in [0.05, 0.1) is 0 Å². The zero-order valence-corrected chi connectivity index (χ0v) is 12.3. The molecule has 0 aliphatic carbocycles. The molecule has 2 aromatic carbocycles. The summed E-state index contributed by atoms with van der Waals surface area (Å²) in [6.07, 6.45) is 1.50. The molecule has 0 aliphatic heterocycles. The highest BCUT2D eigenvalue weighted by molar-refractivity contribution is 6.30. The quantitative estimate of drug-likeness (QED) is 0.880. The summed E-state index contributed by atoms with van der Waals surface area (Å²) >= 11 is 5.77. The third-order valence-electron chi connectivity index (χ3n) is 3.63. The van der Waals surface area contributed by atoms with Crippen LogP contribution in [0.25, 0.3) is 0 Å². The first-order valence-corrected chi connectivity index (χ1v) is 7.16. The van der Waals surface area contributed by atoms with Crippen molar-refractivity contribution < 1.29 is 4.39 Å². The van der Waals surface area contributed by atoms with E-state index in [9.17, 15) is 4.39 Å². The van der Waals surface area contributed by atoms with Crippen molar-refractivity contribution >= 4 is 11.6 Å². The van der Waals surface area contributed by atoms with Crippen molar-refractivity contribution in [3.63, 3.8) is 0 Å². The van der Waals surface area contributed by atoms with Crippen LogP contribution in [0, 0.1) is 18.7 Å². The Bertz CT molecular complexity index is 583. The molecular formula is C17H19ClFN. The molecule has 1 unspecified atom stereocenters. The molecule has 0 aliphatic rings. The molecule has 0 radical (unpaired) electrons. The minimum absolute atomic E-state index is 0.228. The fourth-order valence-corrected chi connectivity index (χ4v) is 2.55. The van der Waals surface area contributed by atoms with Gasteiger partial charge in [0.25, 0.3) is 0 Å². The predicted octanol–water partition coefficient (Wildman–Crippen LogP) is 4.15. The Morgan fingerprint density at radius 3 is 2.45 bits per heavy atom. The molecule has 0 aromatic heterocycles. The van der Waals surface area contributed by atoms with Crippen LogP contribution in [0.2, 0.25) is 5.02 Å². The Hall–Kier alpha value is -1.38. The summed E-state index contributed by atoms with van der Waals surface area (Å²) in [7, 11) is 0. The molecule has 1 atom stereocenters. The molecule has 0 heterocycles. The zero-order valence-electron chi connectivity index (χ0n) is 11.6. The molecule has 2 rings (SSSR count). The summed E-state index contributed by atoms with van der Waals surface area (Å²) in [4.78, 5) is 0. The lowest BCUT2D eigenvalue weighted by Gasteiger charge is -2.17. The van der Waals surface area contributed by atoms with E-state index in [1.165, 1.54) is 17.2 Å². The van der Waals surface area contributed by atoms with Crippen LogP contribution in [-0.4, -0.2) is 6.54 Å². The second kappa shape index (κ2) is 6.87. The molecule has 2 aromatic rings. The highest BCUT2D eigenvalue weighted by Crippen LogP contribution is 2.20. The minimum atomic E-state index is -0.249. The Morgan fingerprint density at radius 2 is 1.80 bits per heavy atom. The number of aryl methyl sites for hydroxylation is 1. The first-order chi connectivity index (χ1) is 9.60. The lowest BCUT2D eigenvalue weighted by molar-refractivity contribution is 0.511. The van der Waals surface area contributed by atoms with E-state index in [1.54, 1.807) is 12.1 Å². The lowest BCUT2D eigenvalue weighted by atomic mass is 9.91. The van der Waals surface area contributed by atoms with Crippen molar-refractivity contribution in [2.75, 3.05) is 6.54 Å². The van der Waals surface area contributed by atoms with Crippen LogP contribution >= 0.6 is 11.6 Å². The van der Waals surface area contributed by atoms with Crippen LogP contribution < -0.4 is 5.73 Å². The van der Waals surface area contributed by atoms with Crippen molar-refractivity contribution in [1.29, 1.82) is 0 Å². The van der Waals surface area contributed by atoms with Crippen LogP contribution in [-0.2, 0) is 12.8 Å². The van der Waals surface area contributed by atoms with Crippen molar-refractivity contribution in [3.05, 3.63) is 70.0 Å². The van der Waals surface area contributed by atoms with Crippen LogP contribution in [0.15, 0.2) is 42.5 Å². The number of nitrogens with two attached hydrogens (primary N) is 1. The fourth-order valence-electron chi connectivity index (χ4n) is 2.39. The Labute approximate surface area is 124 Å². The molecule has 2 N–H and O–H groups in total. The summed E-state index contributed by atoms with van der Waals surface area (Å²) in [6, 6.07) is 13.1. The van der Waals surface area contributed by atoms with Gasteiger partial charge in [-0.3, -0.25) is 0 Å². The Kier molecular flexibility index (Phi) is 5.16. The van der Waals surface area contributed by atoms with Gasteiger partial charge in [0, 0.05) is 5.02 Å². The third kappa shape index (κ3) is 3.81. The maximum atomic E-state index is 13.8. The molecular weight excluding hydrogens is 273 g/mol. The summed E-state index contributed by atoms with van der Waals surface area (Å²) in [5.74, 6) is -0.0208. The smallest absolute Gasteiger partial charge is 0.127 e. The van der Waals surface area contributed by atoms with Crippen molar-refractivity contribution in [2.45, 2.75) is 19.8 Å². The first kappa shape index (κ1) is 15.0. The molecule has 0 bridgehead atoms. The topological polar surface area (TPSA) is 26.0 Å². The highest BCUT2D eigenvalue weighted by atomic mass is 35.5. The van der Waals surface area contributed by atoms with Gasteiger partial charge in [0.15, 0.2) is 0 Å². The summed E-state index contributed by atoms with van der Waals surface area (Å²) in [5, 5.41) is 0.425. The van der Waals surface area contributed by atoms with E-state index < -0.39 is 0 Å². The lowest BCUT2D eigenvalue weighted by Crippen LogP contribution is -2.20. The average Bonchev–Trinajstić information content (AvgIpc) is 2.43. The number of benzene rings is 2. The van der Waals surface area contributed by atoms with Crippen molar-refractivity contribution in [3.8, 4) is 0 Å². The number of hydrogen-bond acceptors (Lipinski definition) is 1. The summed E-state index contributed by atoms with van der Waals surface area (Å²) in [5.41, 5.74) is 9.06. The van der Waals surface area contributed by atoms with E-state index in [-0.39, 0.29) is 11.7 Å². The maximum absolute atomic E-state index is 13.8. The molecule has 1 nitrogen and oxygen atoms in total. The Balaban J connectivity index is 2.11. The fraction of sp³-hybridized carbons (Fsp3) is 0.294. The van der Waals surface area contributed by atoms with Gasteiger partial charge < -0.3 is 5.73 Å². The monoisotopic (exact) mass is 291 g/mol. The van der Waals surface area contributed by atoms with Gasteiger partial charge in [-0.2, -0.15) is 0 Å². The van der Waals surface area contributed by atoms with Crippen LogP contribution in [0.4, 0.5) is 4.39 Å². The number of halogens is 2. The van der Waals surface area contributed by atoms with E-state index in [0.29, 0.717) is 23.6 Å². The van der Waals surface area contributed by atoms with Gasteiger partial charge in [0.2, 0.25) is 0 Å². The third-order valence-corrected chi connectivity index (χ3v) is 3.86. The highest BCUT2D eigenvalue weighted by Gasteiger charge is 2.13. The largest absolute Gasteiger partial charge is 0.330 e. The second-order valence-corrected chi connectivity index (χ2v) is 5.61. The maximum Gasteiger partial charge on any atom is 0.127 e. The zero-order chi connectivity index (χ0) is 14.5. The number of hydrogen-bond donors (Lipinski definition) is 1. The van der Waals surface area contributed by atoms with Gasteiger partial charge in [0.1, 0.15) is 5.82 Å². The standard InChI is InChI=1S/C17H19ClFN/c1-12-4-2-3-5-14(12)8-13(11-20)9-15-6-7-16(18)10-17(15)19/h2-7,10,13H,8-9,11,20H2,1H3. The van der Waals surface area contributed by atoms with E-state index >= 15 is 0 Å². The Morgan fingerprint density at radius 1 is 1.10 bits per heavy atom. The molecule has 106 valence electrons. The van der Waals surface area contributed by atoms with E-state index in [0.717, 1.165) is 6.42 Å². The normalized spacial score (nSPS) is 12.4.